The van der Waals surface area contributed by atoms with Crippen molar-refractivity contribution in [2.75, 3.05) is 9.80 Å². The quantitative estimate of drug-likeness (QED) is 0.193. The van der Waals surface area contributed by atoms with Gasteiger partial charge in [0, 0.05) is 33.6 Å². The summed E-state index contributed by atoms with van der Waals surface area (Å²) in [5.41, 5.74) is 12.9. The van der Waals surface area contributed by atoms with Gasteiger partial charge < -0.3 is 19.0 Å². The molecule has 0 bridgehead atoms. The van der Waals surface area contributed by atoms with Gasteiger partial charge in [-0.1, -0.05) is 105 Å². The highest BCUT2D eigenvalue weighted by atomic mass is 16.5. The van der Waals surface area contributed by atoms with E-state index in [1.165, 1.54) is 22.3 Å². The molecular weight excluding hydrogens is 601 g/mol. The summed E-state index contributed by atoms with van der Waals surface area (Å²) in [5.74, 6) is 1.61. The fraction of sp³-hybridized carbons (Fsp3) is 0.0667. The number of rotatable bonds is 4. The molecule has 10 rings (SSSR count). The van der Waals surface area contributed by atoms with E-state index in [1.54, 1.807) is 0 Å². The van der Waals surface area contributed by atoms with Crippen LogP contribution in [0.1, 0.15) is 25.0 Å². The van der Waals surface area contributed by atoms with E-state index in [9.17, 15) is 0 Å². The zero-order chi connectivity index (χ0) is 32.7. The topological polar surface area (TPSA) is 28.9 Å². The third-order valence-electron chi connectivity index (χ3n) is 10.2. The van der Waals surface area contributed by atoms with Crippen LogP contribution in [0.4, 0.5) is 34.1 Å². The molecule has 0 radical (unpaired) electrons. The van der Waals surface area contributed by atoms with Crippen molar-refractivity contribution < 1.29 is 9.15 Å². The summed E-state index contributed by atoms with van der Waals surface area (Å²) < 4.78 is 13.3. The largest absolute Gasteiger partial charge is 0.454 e. The third kappa shape index (κ3) is 4.10. The summed E-state index contributed by atoms with van der Waals surface area (Å²) in [4.78, 5) is 4.60. The summed E-state index contributed by atoms with van der Waals surface area (Å²) in [6, 6.07) is 55.6. The van der Waals surface area contributed by atoms with Gasteiger partial charge in [0.25, 0.3) is 0 Å². The number of benzene rings is 7. The van der Waals surface area contributed by atoms with Gasteiger partial charge in [0.05, 0.1) is 22.7 Å². The maximum absolute atomic E-state index is 6.68. The Balaban J connectivity index is 1.20. The molecule has 8 aromatic rings. The Labute approximate surface area is 285 Å². The van der Waals surface area contributed by atoms with E-state index in [2.05, 4.69) is 151 Å². The Hall–Kier alpha value is -6.26. The monoisotopic (exact) mass is 632 g/mol. The van der Waals surface area contributed by atoms with Crippen LogP contribution in [-0.2, 0) is 5.41 Å². The number of nitrogens with zero attached hydrogens (tertiary/aromatic N) is 2. The van der Waals surface area contributed by atoms with E-state index >= 15 is 0 Å². The molecule has 0 atom stereocenters. The Morgan fingerprint density at radius 3 is 2.14 bits per heavy atom. The Morgan fingerprint density at radius 1 is 0.531 bits per heavy atom. The lowest BCUT2D eigenvalue weighted by molar-refractivity contribution is 0.477. The van der Waals surface area contributed by atoms with Crippen molar-refractivity contribution in [2.24, 2.45) is 0 Å². The van der Waals surface area contributed by atoms with Crippen LogP contribution >= 0.6 is 0 Å². The van der Waals surface area contributed by atoms with Crippen molar-refractivity contribution in [3.63, 3.8) is 0 Å². The van der Waals surface area contributed by atoms with Crippen molar-refractivity contribution in [1.29, 1.82) is 0 Å². The van der Waals surface area contributed by atoms with Crippen molar-refractivity contribution >= 4 is 56.1 Å². The molecule has 0 saturated carbocycles. The Kier molecular flexibility index (Phi) is 5.89. The summed E-state index contributed by atoms with van der Waals surface area (Å²) in [5, 5.41) is 2.19. The van der Waals surface area contributed by atoms with E-state index in [-0.39, 0.29) is 5.41 Å². The standard InChI is InChI=1S/C45H32N2O2/c1-45(2)36-18-8-6-15-32(36)33-25-23-30(27-37(33)45)46(40-20-12-17-35-34-16-7-10-21-41(34)49-44(35)40)31-24-26-39-43(28-31)48-42-22-11-9-19-38(42)47(39)29-13-4-3-5-14-29/h3-28H,1-2H3. The number of ether oxygens (including phenoxy) is 1. The van der Waals surface area contributed by atoms with Gasteiger partial charge in [-0.3, -0.25) is 0 Å². The summed E-state index contributed by atoms with van der Waals surface area (Å²) in [7, 11) is 0. The molecule has 1 aromatic heterocycles. The molecule has 1 aliphatic heterocycles. The minimum absolute atomic E-state index is 0.141. The summed E-state index contributed by atoms with van der Waals surface area (Å²) >= 11 is 0. The van der Waals surface area contributed by atoms with Gasteiger partial charge in [0.1, 0.15) is 5.58 Å². The number of furan rings is 1. The van der Waals surface area contributed by atoms with Crippen molar-refractivity contribution in [1.82, 2.24) is 0 Å². The second kappa shape index (κ2) is 10.4. The first kappa shape index (κ1) is 27.8. The van der Waals surface area contributed by atoms with Crippen molar-refractivity contribution in [3.8, 4) is 22.6 Å². The van der Waals surface area contributed by atoms with Gasteiger partial charge in [0.15, 0.2) is 17.1 Å². The molecule has 234 valence electrons. The molecule has 0 spiro atoms. The van der Waals surface area contributed by atoms with Crippen LogP contribution in [0.2, 0.25) is 0 Å². The predicted molar refractivity (Wildman–Crippen MR) is 201 cm³/mol. The summed E-state index contributed by atoms with van der Waals surface area (Å²) in [6.45, 7) is 4.65. The van der Waals surface area contributed by atoms with E-state index in [0.29, 0.717) is 0 Å². The molecule has 1 aliphatic carbocycles. The van der Waals surface area contributed by atoms with Gasteiger partial charge in [-0.05, 0) is 82.9 Å². The van der Waals surface area contributed by atoms with Crippen molar-refractivity contribution in [2.45, 2.75) is 19.3 Å². The zero-order valence-electron chi connectivity index (χ0n) is 27.2. The first-order chi connectivity index (χ1) is 24.1. The van der Waals surface area contributed by atoms with Crippen molar-refractivity contribution in [3.05, 3.63) is 169 Å². The number of fused-ring (bicyclic) bond motifs is 8. The molecule has 7 aromatic carbocycles. The molecule has 49 heavy (non-hydrogen) atoms. The third-order valence-corrected chi connectivity index (χ3v) is 10.2. The first-order valence-corrected chi connectivity index (χ1v) is 16.8. The number of hydrogen-bond acceptors (Lipinski definition) is 4. The van der Waals surface area contributed by atoms with Gasteiger partial charge in [-0.15, -0.1) is 0 Å². The lowest BCUT2D eigenvalue weighted by Gasteiger charge is -2.34. The number of para-hydroxylation sites is 5. The highest BCUT2D eigenvalue weighted by molar-refractivity contribution is 6.10. The second-order valence-corrected chi connectivity index (χ2v) is 13.4. The molecule has 2 aliphatic rings. The smallest absolute Gasteiger partial charge is 0.159 e. The number of hydrogen-bond donors (Lipinski definition) is 0. The maximum Gasteiger partial charge on any atom is 0.159 e. The average molecular weight is 633 g/mol. The highest BCUT2D eigenvalue weighted by Gasteiger charge is 2.36. The SMILES string of the molecule is CC1(C)c2ccccc2-c2ccc(N(c3ccc4c(c3)Oc3ccccc3N4c3ccccc3)c3cccc4c3oc3ccccc34)cc21. The van der Waals surface area contributed by atoms with E-state index in [4.69, 9.17) is 9.15 Å². The van der Waals surface area contributed by atoms with Crippen LogP contribution in [0.25, 0.3) is 33.1 Å². The predicted octanol–water partition coefficient (Wildman–Crippen LogP) is 12.9. The minimum Gasteiger partial charge on any atom is -0.454 e. The lowest BCUT2D eigenvalue weighted by Crippen LogP contribution is -2.18. The molecule has 0 N–H and O–H groups in total. The fourth-order valence-electron chi connectivity index (χ4n) is 7.91. The Morgan fingerprint density at radius 2 is 1.22 bits per heavy atom. The first-order valence-electron chi connectivity index (χ1n) is 16.8. The zero-order valence-corrected chi connectivity index (χ0v) is 27.2. The molecule has 4 nitrogen and oxygen atoms in total. The van der Waals surface area contributed by atoms with Gasteiger partial charge in [-0.2, -0.15) is 0 Å². The van der Waals surface area contributed by atoms with E-state index in [1.807, 2.05) is 30.3 Å². The second-order valence-electron chi connectivity index (χ2n) is 13.4. The van der Waals surface area contributed by atoms with Gasteiger partial charge >= 0.3 is 0 Å². The normalized spacial score (nSPS) is 13.8. The molecule has 0 saturated heterocycles. The van der Waals surface area contributed by atoms with Gasteiger partial charge in [0.2, 0.25) is 0 Å². The van der Waals surface area contributed by atoms with Gasteiger partial charge in [-0.25, -0.2) is 0 Å². The van der Waals surface area contributed by atoms with Crippen LogP contribution in [0.5, 0.6) is 11.5 Å². The molecule has 0 fully saturated rings. The molecule has 0 amide bonds. The summed E-state index contributed by atoms with van der Waals surface area (Å²) in [6.07, 6.45) is 0. The average Bonchev–Trinajstić information content (AvgIpc) is 3.64. The highest BCUT2D eigenvalue weighted by Crippen LogP contribution is 2.54. The van der Waals surface area contributed by atoms with Crippen LogP contribution in [0.15, 0.2) is 162 Å². The lowest BCUT2D eigenvalue weighted by atomic mass is 9.82. The minimum atomic E-state index is -0.141. The van der Waals surface area contributed by atoms with Crippen LogP contribution < -0.4 is 14.5 Å². The van der Waals surface area contributed by atoms with E-state index in [0.717, 1.165) is 67.6 Å². The Bertz CT molecular complexity index is 2580. The van der Waals surface area contributed by atoms with E-state index < -0.39 is 0 Å². The molecule has 4 heteroatoms. The number of anilines is 6. The molecule has 2 heterocycles. The van der Waals surface area contributed by atoms with Crippen LogP contribution in [-0.4, -0.2) is 0 Å². The molecular formula is C45H32N2O2. The molecule has 0 unspecified atom stereocenters. The van der Waals surface area contributed by atoms with Crippen LogP contribution in [0, 0.1) is 0 Å². The maximum atomic E-state index is 6.68. The fourth-order valence-corrected chi connectivity index (χ4v) is 7.91. The van der Waals surface area contributed by atoms with Crippen LogP contribution in [0.3, 0.4) is 0 Å².